The molecule has 29 heavy (non-hydrogen) atoms. The Morgan fingerprint density at radius 1 is 1.07 bits per heavy atom. The van der Waals surface area contributed by atoms with Crippen molar-refractivity contribution in [2.45, 2.75) is 13.8 Å². The van der Waals surface area contributed by atoms with E-state index in [0.29, 0.717) is 10.8 Å². The Hall–Kier alpha value is -3.10. The minimum absolute atomic E-state index is 0.101. The largest absolute Gasteiger partial charge is 0.483 e. The van der Waals surface area contributed by atoms with Crippen molar-refractivity contribution < 1.29 is 33.7 Å². The summed E-state index contributed by atoms with van der Waals surface area (Å²) in [6.07, 6.45) is 0. The molecule has 0 aromatic heterocycles. The average molecular weight is 424 g/mol. The standard InChI is InChI=1S/C18H16ClNO6.C2H6O/c1-10-7-12(19)3-5-15(10)25-9-17(22)20-13-4-6-16(26-11(2)21)14(8-13)18(23)24;1-3-2/h3-8H,9H2,1-2H3,(H,20,22)(H,23,24);1-2H3. The average Bonchev–Trinajstić information content (AvgIpc) is 2.62. The lowest BCUT2D eigenvalue weighted by molar-refractivity contribution is -0.131. The third-order valence-corrected chi connectivity index (χ3v) is 3.48. The molecule has 0 aliphatic rings. The topological polar surface area (TPSA) is 111 Å². The Morgan fingerprint density at radius 3 is 2.24 bits per heavy atom. The molecular weight excluding hydrogens is 402 g/mol. The molecule has 1 amide bonds. The maximum atomic E-state index is 12.0. The molecule has 0 aliphatic carbocycles. The Morgan fingerprint density at radius 2 is 1.69 bits per heavy atom. The van der Waals surface area contributed by atoms with Crippen molar-refractivity contribution in [1.29, 1.82) is 0 Å². The Balaban J connectivity index is 0.00000132. The summed E-state index contributed by atoms with van der Waals surface area (Å²) in [6, 6.07) is 8.94. The zero-order chi connectivity index (χ0) is 22.0. The van der Waals surface area contributed by atoms with Crippen LogP contribution in [-0.4, -0.2) is 43.8 Å². The van der Waals surface area contributed by atoms with Crippen LogP contribution in [0.1, 0.15) is 22.8 Å². The number of hydrogen-bond acceptors (Lipinski definition) is 6. The van der Waals surface area contributed by atoms with Gasteiger partial charge in [0.1, 0.15) is 17.1 Å². The second-order valence-electron chi connectivity index (χ2n) is 5.76. The van der Waals surface area contributed by atoms with E-state index in [2.05, 4.69) is 10.1 Å². The first kappa shape index (κ1) is 23.9. The van der Waals surface area contributed by atoms with E-state index in [-0.39, 0.29) is 23.6 Å². The lowest BCUT2D eigenvalue weighted by Crippen LogP contribution is -2.20. The number of rotatable bonds is 6. The summed E-state index contributed by atoms with van der Waals surface area (Å²) in [7, 11) is 3.25. The minimum atomic E-state index is -1.29. The monoisotopic (exact) mass is 423 g/mol. The number of carbonyl (C=O) groups excluding carboxylic acids is 2. The van der Waals surface area contributed by atoms with Crippen LogP contribution in [0.25, 0.3) is 0 Å². The summed E-state index contributed by atoms with van der Waals surface area (Å²) in [6.45, 7) is 2.69. The van der Waals surface area contributed by atoms with Gasteiger partial charge in [0.15, 0.2) is 6.61 Å². The molecule has 0 atom stereocenters. The molecule has 0 spiro atoms. The molecule has 156 valence electrons. The van der Waals surface area contributed by atoms with Crippen LogP contribution in [0, 0.1) is 6.92 Å². The molecule has 9 heteroatoms. The quantitative estimate of drug-likeness (QED) is 0.539. The molecule has 0 saturated carbocycles. The van der Waals surface area contributed by atoms with Crippen LogP contribution in [0.2, 0.25) is 5.02 Å². The summed E-state index contributed by atoms with van der Waals surface area (Å²) >= 11 is 5.86. The maximum Gasteiger partial charge on any atom is 0.339 e. The van der Waals surface area contributed by atoms with Crippen LogP contribution >= 0.6 is 11.6 Å². The predicted molar refractivity (Wildman–Crippen MR) is 108 cm³/mol. The van der Waals surface area contributed by atoms with Gasteiger partial charge in [-0.15, -0.1) is 0 Å². The van der Waals surface area contributed by atoms with Gasteiger partial charge in [0.2, 0.25) is 0 Å². The van der Waals surface area contributed by atoms with Crippen molar-refractivity contribution in [1.82, 2.24) is 0 Å². The van der Waals surface area contributed by atoms with Gasteiger partial charge in [-0.3, -0.25) is 9.59 Å². The zero-order valence-electron chi connectivity index (χ0n) is 16.4. The second-order valence-corrected chi connectivity index (χ2v) is 6.20. The fourth-order valence-electron chi connectivity index (χ4n) is 2.13. The van der Waals surface area contributed by atoms with E-state index in [4.69, 9.17) is 21.1 Å². The van der Waals surface area contributed by atoms with Gasteiger partial charge in [0.25, 0.3) is 5.91 Å². The molecule has 0 bridgehead atoms. The van der Waals surface area contributed by atoms with E-state index in [0.717, 1.165) is 12.5 Å². The van der Waals surface area contributed by atoms with Crippen LogP contribution in [0.4, 0.5) is 5.69 Å². The van der Waals surface area contributed by atoms with Gasteiger partial charge < -0.3 is 24.6 Å². The molecular formula is C20H22ClNO7. The molecule has 2 rings (SSSR count). The first-order valence-corrected chi connectivity index (χ1v) is 8.70. The number of carbonyl (C=O) groups is 3. The molecule has 0 unspecified atom stereocenters. The molecule has 2 aromatic carbocycles. The number of halogens is 1. The van der Waals surface area contributed by atoms with Crippen LogP contribution < -0.4 is 14.8 Å². The normalized spacial score (nSPS) is 9.69. The number of methoxy groups -OCH3 is 1. The fraction of sp³-hybridized carbons (Fsp3) is 0.250. The van der Waals surface area contributed by atoms with Gasteiger partial charge in [0, 0.05) is 31.9 Å². The summed E-state index contributed by atoms with van der Waals surface area (Å²) in [5.74, 6) is -1.99. The van der Waals surface area contributed by atoms with Gasteiger partial charge in [0.05, 0.1) is 0 Å². The van der Waals surface area contributed by atoms with Gasteiger partial charge in [-0.1, -0.05) is 11.6 Å². The Labute approximate surface area is 173 Å². The Bertz CT molecular complexity index is 883. The van der Waals surface area contributed by atoms with Gasteiger partial charge in [-0.05, 0) is 48.9 Å². The van der Waals surface area contributed by atoms with Crippen molar-refractivity contribution in [2.24, 2.45) is 0 Å². The zero-order valence-corrected chi connectivity index (χ0v) is 17.2. The number of esters is 1. The lowest BCUT2D eigenvalue weighted by atomic mass is 10.1. The fourth-order valence-corrected chi connectivity index (χ4v) is 2.36. The third kappa shape index (κ3) is 8.20. The minimum Gasteiger partial charge on any atom is -0.483 e. The van der Waals surface area contributed by atoms with E-state index in [1.54, 1.807) is 39.3 Å². The highest BCUT2D eigenvalue weighted by molar-refractivity contribution is 6.30. The molecule has 0 aliphatic heterocycles. The number of amides is 1. The highest BCUT2D eigenvalue weighted by Gasteiger charge is 2.15. The second kappa shape index (κ2) is 11.7. The van der Waals surface area contributed by atoms with Crippen LogP contribution in [0.5, 0.6) is 11.5 Å². The third-order valence-electron chi connectivity index (χ3n) is 3.24. The van der Waals surface area contributed by atoms with Crippen molar-refractivity contribution >= 4 is 35.1 Å². The molecule has 0 fully saturated rings. The Kier molecular flexibility index (Phi) is 9.64. The highest BCUT2D eigenvalue weighted by atomic mass is 35.5. The van der Waals surface area contributed by atoms with Crippen LogP contribution in [0.15, 0.2) is 36.4 Å². The van der Waals surface area contributed by atoms with E-state index < -0.39 is 17.8 Å². The first-order valence-electron chi connectivity index (χ1n) is 8.32. The smallest absolute Gasteiger partial charge is 0.339 e. The number of carboxylic acids is 1. The molecule has 0 heterocycles. The lowest BCUT2D eigenvalue weighted by Gasteiger charge is -2.11. The van der Waals surface area contributed by atoms with Gasteiger partial charge in [-0.25, -0.2) is 4.79 Å². The van der Waals surface area contributed by atoms with Crippen LogP contribution in [-0.2, 0) is 14.3 Å². The first-order chi connectivity index (χ1) is 13.7. The summed E-state index contributed by atoms with van der Waals surface area (Å²) < 4.78 is 14.5. The van der Waals surface area contributed by atoms with Crippen molar-refractivity contribution in [3.63, 3.8) is 0 Å². The van der Waals surface area contributed by atoms with E-state index in [1.165, 1.54) is 18.2 Å². The number of hydrogen-bond donors (Lipinski definition) is 2. The number of aromatic carboxylic acids is 1. The number of benzene rings is 2. The van der Waals surface area contributed by atoms with Gasteiger partial charge >= 0.3 is 11.9 Å². The highest BCUT2D eigenvalue weighted by Crippen LogP contribution is 2.24. The molecule has 2 aromatic rings. The molecule has 8 nitrogen and oxygen atoms in total. The SMILES string of the molecule is CC(=O)Oc1ccc(NC(=O)COc2ccc(Cl)cc2C)cc1C(=O)O.COC. The number of nitrogens with one attached hydrogen (secondary N) is 1. The summed E-state index contributed by atoms with van der Waals surface area (Å²) in [5, 5.41) is 12.3. The molecule has 0 radical (unpaired) electrons. The summed E-state index contributed by atoms with van der Waals surface area (Å²) in [4.78, 5) is 34.3. The van der Waals surface area contributed by atoms with Crippen molar-refractivity contribution in [3.05, 3.63) is 52.5 Å². The number of aryl methyl sites for hydroxylation is 1. The van der Waals surface area contributed by atoms with E-state index in [1.807, 2.05) is 0 Å². The molecule has 2 N–H and O–H groups in total. The number of ether oxygens (including phenoxy) is 3. The van der Waals surface area contributed by atoms with Crippen molar-refractivity contribution in [3.8, 4) is 11.5 Å². The number of carboxylic acid groups (broad SMARTS) is 1. The predicted octanol–water partition coefficient (Wildman–Crippen LogP) is 3.55. The maximum absolute atomic E-state index is 12.0. The van der Waals surface area contributed by atoms with Crippen LogP contribution in [0.3, 0.4) is 0 Å². The summed E-state index contributed by atoms with van der Waals surface area (Å²) in [5.41, 5.74) is 0.774. The van der Waals surface area contributed by atoms with E-state index >= 15 is 0 Å². The van der Waals surface area contributed by atoms with E-state index in [9.17, 15) is 19.5 Å². The van der Waals surface area contributed by atoms with Gasteiger partial charge in [-0.2, -0.15) is 0 Å². The number of anilines is 1. The molecule has 0 saturated heterocycles. The van der Waals surface area contributed by atoms with Crippen molar-refractivity contribution in [2.75, 3.05) is 26.1 Å².